The number of fused-ring (bicyclic) bond motifs is 1. The van der Waals surface area contributed by atoms with Crippen LogP contribution in [-0.2, 0) is 33.2 Å². The lowest BCUT2D eigenvalue weighted by Gasteiger charge is -2.21. The Morgan fingerprint density at radius 3 is 2.81 bits per heavy atom. The van der Waals surface area contributed by atoms with Crippen molar-refractivity contribution in [2.45, 2.75) is 30.9 Å². The van der Waals surface area contributed by atoms with Crippen LogP contribution in [0.15, 0.2) is 12.7 Å². The van der Waals surface area contributed by atoms with E-state index in [1.165, 1.54) is 17.2 Å². The molecule has 0 aromatic carbocycles. The second kappa shape index (κ2) is 9.30. The van der Waals surface area contributed by atoms with Gasteiger partial charge in [0.2, 0.25) is 0 Å². The van der Waals surface area contributed by atoms with Gasteiger partial charge in [-0.05, 0) is 0 Å². The Morgan fingerprint density at radius 2 is 2.16 bits per heavy atom. The lowest BCUT2D eigenvalue weighted by atomic mass is 10.2. The maximum Gasteiger partial charge on any atom is 0.403 e. The molecule has 1 aliphatic rings. The van der Waals surface area contributed by atoms with Crippen molar-refractivity contribution in [1.29, 1.82) is 0 Å². The van der Waals surface area contributed by atoms with Crippen LogP contribution >= 0.6 is 7.75 Å². The van der Waals surface area contributed by atoms with Gasteiger partial charge in [-0.3, -0.25) is 18.4 Å². The summed E-state index contributed by atoms with van der Waals surface area (Å²) in [5, 5.41) is 20.9. The van der Waals surface area contributed by atoms with E-state index >= 15 is 0 Å². The van der Waals surface area contributed by atoms with Crippen molar-refractivity contribution in [2.75, 3.05) is 18.9 Å². The monoisotopic (exact) mass is 498 g/mol. The molecule has 32 heavy (non-hydrogen) atoms. The molecule has 5 atom stereocenters. The van der Waals surface area contributed by atoms with Crippen LogP contribution in [0.5, 0.6) is 0 Å². The lowest BCUT2D eigenvalue weighted by molar-refractivity contribution is -0.139. The van der Waals surface area contributed by atoms with E-state index in [1.807, 2.05) is 0 Å². The number of anilines is 1. The number of aliphatic carboxylic acids is 1. The number of nitrogens with two attached hydrogens (primary N) is 1. The van der Waals surface area contributed by atoms with E-state index in [9.17, 15) is 27.8 Å². The van der Waals surface area contributed by atoms with Gasteiger partial charge in [0.1, 0.15) is 30.2 Å². The molecule has 2 aromatic heterocycles. The Balaban J connectivity index is 1.61. The van der Waals surface area contributed by atoms with Crippen molar-refractivity contribution in [3.8, 4) is 0 Å². The molecule has 17 nitrogen and oxygen atoms in total. The molecule has 2 aromatic rings. The number of imidazole rings is 1. The number of nitrogens with one attached hydrogen (secondary N) is 1. The van der Waals surface area contributed by atoms with Crippen LogP contribution < -0.4 is 10.8 Å². The van der Waals surface area contributed by atoms with Gasteiger partial charge in [-0.15, -0.1) is 0 Å². The SMILES string of the molecule is Nc1ncnc2c1ncn2[C@H]1CC(O)[C@@H](COP(=O)(O)N[C@@H](COS(=O)(=O)O)C(=O)O)O1. The molecule has 0 saturated carbocycles. The number of nitrogens with zero attached hydrogens (tertiary/aromatic N) is 4. The van der Waals surface area contributed by atoms with Crippen LogP contribution in [0.25, 0.3) is 11.2 Å². The van der Waals surface area contributed by atoms with E-state index < -0.39 is 61.8 Å². The first-order valence-corrected chi connectivity index (χ1v) is 11.7. The van der Waals surface area contributed by atoms with Crippen molar-refractivity contribution >= 4 is 41.1 Å². The summed E-state index contributed by atoms with van der Waals surface area (Å²) in [5.41, 5.74) is 6.39. The molecule has 1 aliphatic heterocycles. The lowest BCUT2D eigenvalue weighted by Crippen LogP contribution is -2.40. The van der Waals surface area contributed by atoms with Gasteiger partial charge in [-0.1, -0.05) is 0 Å². The third kappa shape index (κ3) is 5.94. The van der Waals surface area contributed by atoms with Crippen LogP contribution in [0, 0.1) is 0 Å². The van der Waals surface area contributed by atoms with Gasteiger partial charge in [-0.25, -0.2) is 28.8 Å². The van der Waals surface area contributed by atoms with Crippen molar-refractivity contribution < 1.29 is 50.9 Å². The third-order valence-electron chi connectivity index (χ3n) is 4.32. The number of ether oxygens (including phenoxy) is 1. The fraction of sp³-hybridized carbons (Fsp3) is 0.538. The molecular weight excluding hydrogens is 479 g/mol. The molecule has 0 aliphatic carbocycles. The third-order valence-corrected chi connectivity index (χ3v) is 5.89. The number of aliphatic hydroxyl groups is 1. The number of carboxylic acids is 1. The van der Waals surface area contributed by atoms with E-state index in [0.29, 0.717) is 11.2 Å². The summed E-state index contributed by atoms with van der Waals surface area (Å²) in [6.07, 6.45) is -0.335. The van der Waals surface area contributed by atoms with Crippen LogP contribution in [0.3, 0.4) is 0 Å². The summed E-state index contributed by atoms with van der Waals surface area (Å²) >= 11 is 0. The van der Waals surface area contributed by atoms with E-state index in [0.717, 1.165) is 0 Å². The van der Waals surface area contributed by atoms with Crippen molar-refractivity contribution in [3.63, 3.8) is 0 Å². The minimum absolute atomic E-state index is 0.0481. The maximum atomic E-state index is 12.1. The van der Waals surface area contributed by atoms with Gasteiger partial charge < -0.3 is 25.6 Å². The van der Waals surface area contributed by atoms with Gasteiger partial charge in [0.25, 0.3) is 0 Å². The largest absolute Gasteiger partial charge is 0.480 e. The highest BCUT2D eigenvalue weighted by Crippen LogP contribution is 2.40. The molecule has 2 unspecified atom stereocenters. The first-order valence-electron chi connectivity index (χ1n) is 8.72. The topological polar surface area (TPSA) is 259 Å². The Morgan fingerprint density at radius 1 is 1.44 bits per heavy atom. The first-order chi connectivity index (χ1) is 14.9. The summed E-state index contributed by atoms with van der Waals surface area (Å²) in [6, 6.07) is -2.02. The molecule has 3 heterocycles. The van der Waals surface area contributed by atoms with Crippen LogP contribution in [0.1, 0.15) is 12.6 Å². The van der Waals surface area contributed by atoms with E-state index in [1.54, 1.807) is 5.09 Å². The minimum atomic E-state index is -4.98. The molecule has 1 saturated heterocycles. The van der Waals surface area contributed by atoms with Gasteiger partial charge in [0, 0.05) is 6.42 Å². The molecule has 19 heteroatoms. The van der Waals surface area contributed by atoms with Crippen LogP contribution in [0.4, 0.5) is 5.82 Å². The molecule has 7 N–H and O–H groups in total. The van der Waals surface area contributed by atoms with Gasteiger partial charge in [0.05, 0.1) is 25.6 Å². The number of aliphatic hydroxyl groups excluding tert-OH is 1. The normalized spacial score (nSPS) is 24.4. The van der Waals surface area contributed by atoms with Crippen molar-refractivity contribution in [3.05, 3.63) is 12.7 Å². The average Bonchev–Trinajstić information content (AvgIpc) is 3.27. The smallest absolute Gasteiger partial charge is 0.403 e. The molecule has 0 amide bonds. The van der Waals surface area contributed by atoms with Crippen LogP contribution in [-0.4, -0.2) is 85.0 Å². The molecule has 0 radical (unpaired) electrons. The summed E-state index contributed by atoms with van der Waals surface area (Å²) < 4.78 is 57.6. The van der Waals surface area contributed by atoms with E-state index in [4.69, 9.17) is 24.7 Å². The van der Waals surface area contributed by atoms with E-state index in [-0.39, 0.29) is 12.2 Å². The zero-order valence-electron chi connectivity index (χ0n) is 16.0. The quantitative estimate of drug-likeness (QED) is 0.153. The standard InChI is InChI=1S/C13H19N6O11PS/c14-11-10-12(16-4-15-11)19(5-17-10)9-1-7(20)8(30-9)3-28-31(23,24)18-6(13(21)22)2-29-32(25,26)27/h4-9,20H,1-3H2,(H,21,22)(H2,14,15,16)(H2,18,23,24)(H,25,26,27)/t6-,7?,8+,9+/m0/s1. The molecule has 0 bridgehead atoms. The Kier molecular flexibility index (Phi) is 7.08. The summed E-state index contributed by atoms with van der Waals surface area (Å²) in [6.45, 7) is -1.82. The number of nitrogen functional groups attached to an aromatic ring is 1. The Labute approximate surface area is 179 Å². The molecule has 178 valence electrons. The minimum Gasteiger partial charge on any atom is -0.480 e. The molecule has 3 rings (SSSR count). The zero-order chi connectivity index (χ0) is 23.7. The van der Waals surface area contributed by atoms with Gasteiger partial charge in [0.15, 0.2) is 11.5 Å². The van der Waals surface area contributed by atoms with Crippen LogP contribution in [0.2, 0.25) is 0 Å². The van der Waals surface area contributed by atoms with Gasteiger partial charge in [-0.2, -0.15) is 8.42 Å². The number of hydrogen-bond donors (Lipinski definition) is 6. The summed E-state index contributed by atoms with van der Waals surface area (Å²) in [4.78, 5) is 32.9. The van der Waals surface area contributed by atoms with Gasteiger partial charge >= 0.3 is 24.1 Å². The number of rotatable bonds is 10. The summed E-state index contributed by atoms with van der Waals surface area (Å²) in [7, 11) is -9.80. The first kappa shape index (κ1) is 24.4. The highest BCUT2D eigenvalue weighted by Gasteiger charge is 2.38. The average molecular weight is 498 g/mol. The van der Waals surface area contributed by atoms with Crippen molar-refractivity contribution in [2.24, 2.45) is 0 Å². The molecule has 0 spiro atoms. The maximum absolute atomic E-state index is 12.1. The van der Waals surface area contributed by atoms with E-state index in [2.05, 4.69) is 19.1 Å². The highest BCUT2D eigenvalue weighted by molar-refractivity contribution is 7.80. The highest BCUT2D eigenvalue weighted by atomic mass is 32.3. The Bertz CT molecular complexity index is 1140. The fourth-order valence-corrected chi connectivity index (χ4v) is 4.15. The summed E-state index contributed by atoms with van der Waals surface area (Å²) in [5.74, 6) is -1.61. The number of hydrogen-bond acceptors (Lipinski definition) is 12. The fourth-order valence-electron chi connectivity index (χ4n) is 2.84. The second-order valence-corrected chi connectivity index (χ2v) is 9.21. The predicted molar refractivity (Wildman–Crippen MR) is 102 cm³/mol. The predicted octanol–water partition coefficient (Wildman–Crippen LogP) is -1.96. The molecular formula is C13H19N6O11PS. The number of aromatic nitrogens is 4. The Hall–Kier alpha value is -2.28. The second-order valence-electron chi connectivity index (χ2n) is 6.56. The zero-order valence-corrected chi connectivity index (χ0v) is 17.7. The molecule has 1 fully saturated rings. The number of carbonyl (C=O) groups is 1. The van der Waals surface area contributed by atoms with Crippen molar-refractivity contribution in [1.82, 2.24) is 24.6 Å². The number of carboxylic acid groups (broad SMARTS) is 1.